The zero-order valence-corrected chi connectivity index (χ0v) is 12.2. The Labute approximate surface area is 122 Å². The van der Waals surface area contributed by atoms with Crippen LogP contribution in [0, 0.1) is 0 Å². The van der Waals surface area contributed by atoms with E-state index in [2.05, 4.69) is 29.2 Å². The average molecular weight is 289 g/mol. The third-order valence-electron chi connectivity index (χ3n) is 3.66. The number of pyridine rings is 1. The summed E-state index contributed by atoms with van der Waals surface area (Å²) >= 11 is 0. The van der Waals surface area contributed by atoms with E-state index in [1.54, 1.807) is 24.4 Å². The molecular formula is C14H19N5O2. The van der Waals surface area contributed by atoms with Crippen molar-refractivity contribution in [2.75, 3.05) is 19.6 Å². The maximum atomic E-state index is 12.3. The Hall–Kier alpha value is -1.99. The number of carbonyl (C=O) groups excluding carboxylic acids is 1. The molecule has 1 aliphatic rings. The molecular weight excluding hydrogens is 270 g/mol. The van der Waals surface area contributed by atoms with Crippen LogP contribution in [-0.2, 0) is 0 Å². The lowest BCUT2D eigenvalue weighted by Gasteiger charge is -2.35. The van der Waals surface area contributed by atoms with Crippen molar-refractivity contribution in [1.82, 2.24) is 24.4 Å². The van der Waals surface area contributed by atoms with E-state index in [9.17, 15) is 9.59 Å². The molecule has 1 fully saturated rings. The molecule has 0 saturated carbocycles. The molecule has 3 rings (SSSR count). The van der Waals surface area contributed by atoms with Gasteiger partial charge in [-0.25, -0.2) is 9.20 Å². The first-order valence-electron chi connectivity index (χ1n) is 7.12. The minimum Gasteiger partial charge on any atom is -0.309 e. The number of fused-ring (bicyclic) bond motifs is 1. The van der Waals surface area contributed by atoms with Gasteiger partial charge < -0.3 is 5.32 Å². The molecule has 1 saturated heterocycles. The van der Waals surface area contributed by atoms with E-state index in [0.29, 0.717) is 17.7 Å². The van der Waals surface area contributed by atoms with Crippen molar-refractivity contribution in [3.63, 3.8) is 0 Å². The average Bonchev–Trinajstić information content (AvgIpc) is 2.76. The van der Waals surface area contributed by atoms with Crippen molar-refractivity contribution in [3.05, 3.63) is 34.9 Å². The first-order chi connectivity index (χ1) is 10.0. The van der Waals surface area contributed by atoms with Crippen LogP contribution in [0.2, 0.25) is 0 Å². The highest BCUT2D eigenvalue weighted by Gasteiger charge is 2.24. The SMILES string of the molecule is CC1CN(CC(=O)n2nc3ccccn3c2=O)CC(C)N1. The number of hydrogen-bond donors (Lipinski definition) is 1. The molecule has 2 aromatic rings. The van der Waals surface area contributed by atoms with E-state index in [-0.39, 0.29) is 12.5 Å². The zero-order valence-electron chi connectivity index (χ0n) is 12.2. The van der Waals surface area contributed by atoms with Gasteiger partial charge in [0.05, 0.1) is 6.54 Å². The number of nitrogens with zero attached hydrogens (tertiary/aromatic N) is 4. The number of rotatable bonds is 2. The van der Waals surface area contributed by atoms with Crippen molar-refractivity contribution in [2.24, 2.45) is 0 Å². The van der Waals surface area contributed by atoms with Crippen LogP contribution in [0.1, 0.15) is 18.6 Å². The largest absolute Gasteiger partial charge is 0.357 e. The lowest BCUT2D eigenvalue weighted by Crippen LogP contribution is -2.55. The van der Waals surface area contributed by atoms with Crippen molar-refractivity contribution < 1.29 is 4.79 Å². The van der Waals surface area contributed by atoms with Gasteiger partial charge in [-0.15, -0.1) is 9.78 Å². The van der Waals surface area contributed by atoms with Gasteiger partial charge in [0, 0.05) is 31.4 Å². The van der Waals surface area contributed by atoms with Gasteiger partial charge in [-0.2, -0.15) is 0 Å². The van der Waals surface area contributed by atoms with Crippen LogP contribution >= 0.6 is 0 Å². The van der Waals surface area contributed by atoms with Crippen LogP contribution in [0.5, 0.6) is 0 Å². The van der Waals surface area contributed by atoms with Gasteiger partial charge in [-0.3, -0.25) is 9.69 Å². The van der Waals surface area contributed by atoms with Crippen molar-refractivity contribution in [2.45, 2.75) is 25.9 Å². The topological polar surface area (TPSA) is 71.6 Å². The Kier molecular flexibility index (Phi) is 3.60. The molecule has 112 valence electrons. The second-order valence-corrected chi connectivity index (χ2v) is 5.68. The molecule has 1 aliphatic heterocycles. The van der Waals surface area contributed by atoms with E-state index >= 15 is 0 Å². The summed E-state index contributed by atoms with van der Waals surface area (Å²) < 4.78 is 2.34. The lowest BCUT2D eigenvalue weighted by molar-refractivity contribution is 0.0785. The fraction of sp³-hybridized carbons (Fsp3) is 0.500. The smallest absolute Gasteiger partial charge is 0.309 e. The monoisotopic (exact) mass is 289 g/mol. The molecule has 0 amide bonds. The van der Waals surface area contributed by atoms with Crippen molar-refractivity contribution in [1.29, 1.82) is 0 Å². The minimum absolute atomic E-state index is 0.208. The summed E-state index contributed by atoms with van der Waals surface area (Å²) in [7, 11) is 0. The van der Waals surface area contributed by atoms with Gasteiger partial charge in [0.25, 0.3) is 5.91 Å². The van der Waals surface area contributed by atoms with Crippen LogP contribution < -0.4 is 11.0 Å². The molecule has 0 spiro atoms. The van der Waals surface area contributed by atoms with Crippen molar-refractivity contribution >= 4 is 11.6 Å². The molecule has 0 bridgehead atoms. The highest BCUT2D eigenvalue weighted by atomic mass is 16.2. The maximum Gasteiger partial charge on any atom is 0.357 e. The maximum absolute atomic E-state index is 12.3. The summed E-state index contributed by atoms with van der Waals surface area (Å²) in [5, 5.41) is 7.50. The summed E-state index contributed by atoms with van der Waals surface area (Å²) in [5.74, 6) is -0.287. The molecule has 21 heavy (non-hydrogen) atoms. The Morgan fingerprint density at radius 3 is 2.71 bits per heavy atom. The molecule has 2 unspecified atom stereocenters. The van der Waals surface area contributed by atoms with Crippen LogP contribution in [0.25, 0.3) is 5.65 Å². The third-order valence-corrected chi connectivity index (χ3v) is 3.66. The Bertz CT molecular complexity index is 709. The van der Waals surface area contributed by atoms with Crippen LogP contribution in [-0.4, -0.2) is 56.7 Å². The fourth-order valence-electron chi connectivity index (χ4n) is 2.91. The summed E-state index contributed by atoms with van der Waals surface area (Å²) in [6.07, 6.45) is 1.61. The van der Waals surface area contributed by atoms with Crippen LogP contribution in [0.15, 0.2) is 29.2 Å². The quantitative estimate of drug-likeness (QED) is 0.830. The summed E-state index contributed by atoms with van der Waals surface area (Å²) in [5.41, 5.74) is 0.0738. The molecule has 2 aromatic heterocycles. The molecule has 3 heterocycles. The number of nitrogens with one attached hydrogen (secondary N) is 1. The Morgan fingerprint density at radius 1 is 1.33 bits per heavy atom. The van der Waals surface area contributed by atoms with Crippen molar-refractivity contribution in [3.8, 4) is 0 Å². The molecule has 7 heteroatoms. The molecule has 1 N–H and O–H groups in total. The first kappa shape index (κ1) is 14.0. The van der Waals surface area contributed by atoms with E-state index in [0.717, 1.165) is 17.8 Å². The number of carbonyl (C=O) groups is 1. The molecule has 2 atom stereocenters. The van der Waals surface area contributed by atoms with E-state index < -0.39 is 5.69 Å². The summed E-state index contributed by atoms with van der Waals surface area (Å²) in [6.45, 7) is 5.96. The highest BCUT2D eigenvalue weighted by molar-refractivity contribution is 5.80. The number of hydrogen-bond acceptors (Lipinski definition) is 5. The van der Waals surface area contributed by atoms with E-state index in [1.807, 2.05) is 0 Å². The van der Waals surface area contributed by atoms with Gasteiger partial charge in [0.1, 0.15) is 0 Å². The standard InChI is InChI=1S/C14H19N5O2/c1-10-7-17(8-11(2)15-10)9-13(20)19-14(21)18-6-4-3-5-12(18)16-19/h3-6,10-11,15H,7-9H2,1-2H3. The molecule has 7 nitrogen and oxygen atoms in total. The Balaban J connectivity index is 1.81. The highest BCUT2D eigenvalue weighted by Crippen LogP contribution is 2.04. The Morgan fingerprint density at radius 2 is 2.05 bits per heavy atom. The van der Waals surface area contributed by atoms with Gasteiger partial charge in [0.15, 0.2) is 5.65 Å². The fourth-order valence-corrected chi connectivity index (χ4v) is 2.91. The van der Waals surface area contributed by atoms with Gasteiger partial charge >= 0.3 is 5.69 Å². The number of piperazine rings is 1. The normalized spacial score (nSPS) is 23.5. The zero-order chi connectivity index (χ0) is 15.0. The van der Waals surface area contributed by atoms with Gasteiger partial charge in [0.2, 0.25) is 0 Å². The lowest BCUT2D eigenvalue weighted by atomic mass is 10.1. The van der Waals surface area contributed by atoms with Crippen LogP contribution in [0.4, 0.5) is 0 Å². The molecule has 0 aromatic carbocycles. The van der Waals surface area contributed by atoms with E-state index in [1.165, 1.54) is 4.40 Å². The molecule has 0 aliphatic carbocycles. The second kappa shape index (κ2) is 5.42. The van der Waals surface area contributed by atoms with Gasteiger partial charge in [-0.1, -0.05) is 6.07 Å². The first-order valence-corrected chi connectivity index (χ1v) is 7.12. The third kappa shape index (κ3) is 2.74. The predicted octanol–water partition coefficient (Wildman–Crippen LogP) is -0.182. The molecule has 0 radical (unpaired) electrons. The minimum atomic E-state index is -0.410. The predicted molar refractivity (Wildman–Crippen MR) is 78.6 cm³/mol. The summed E-state index contributed by atoms with van der Waals surface area (Å²) in [6, 6.07) is 5.90. The number of aromatic nitrogens is 3. The second-order valence-electron chi connectivity index (χ2n) is 5.68. The van der Waals surface area contributed by atoms with Crippen LogP contribution in [0.3, 0.4) is 0 Å². The summed E-state index contributed by atoms with van der Waals surface area (Å²) in [4.78, 5) is 26.6. The van der Waals surface area contributed by atoms with Gasteiger partial charge in [-0.05, 0) is 26.0 Å². The van der Waals surface area contributed by atoms with E-state index in [4.69, 9.17) is 0 Å².